The smallest absolute Gasteiger partial charge is 0.262 e. The second-order valence-electron chi connectivity index (χ2n) is 17.5. The number of rotatable bonds is 7. The van der Waals surface area contributed by atoms with E-state index in [0.29, 0.717) is 33.8 Å². The number of likely N-dealkylation sites (tertiary alicyclic amines) is 1. The minimum Gasteiger partial charge on any atom is -0.371 e. The zero-order valence-corrected chi connectivity index (χ0v) is 34.1. The van der Waals surface area contributed by atoms with Crippen molar-refractivity contribution in [3.8, 4) is 0 Å². The Kier molecular flexibility index (Phi) is 10.7. The standard InChI is InChI=1S/C46H50ClN7O5/c1-48-39-13-11-35(28-38(39)47)53-21-18-46(29-53)16-19-52(20-17-46)43(57)32-5-9-34(10-6-32)51-24-22-50(23-25-51)33-7-2-30(3-8-33)26-31-4-12-36-37(27-31)45(59)54(44(36)58)40-14-15-41(55)49-42(40)56/h4-6,9-13,27-28,30,33,40H,2-3,7-8,14-26,29H2,(H,49,55,56). The van der Waals surface area contributed by atoms with Gasteiger partial charge in [0.05, 0.1) is 17.7 Å². The number of imide groups is 2. The third kappa shape index (κ3) is 7.71. The number of fused-ring (bicyclic) bond motifs is 1. The Morgan fingerprint density at radius 1 is 0.763 bits per heavy atom. The molecule has 5 fully saturated rings. The number of nitrogens with one attached hydrogen (secondary N) is 1. The molecular weight excluding hydrogens is 766 g/mol. The van der Waals surface area contributed by atoms with Gasteiger partial charge >= 0.3 is 0 Å². The summed E-state index contributed by atoms with van der Waals surface area (Å²) < 4.78 is 0. The second-order valence-corrected chi connectivity index (χ2v) is 17.9. The van der Waals surface area contributed by atoms with Crippen LogP contribution in [0.3, 0.4) is 0 Å². The van der Waals surface area contributed by atoms with Gasteiger partial charge in [-0.3, -0.25) is 39.1 Å². The summed E-state index contributed by atoms with van der Waals surface area (Å²) in [6, 6.07) is 19.0. The van der Waals surface area contributed by atoms with Gasteiger partial charge in [-0.25, -0.2) is 4.85 Å². The maximum absolute atomic E-state index is 13.6. The van der Waals surface area contributed by atoms with Gasteiger partial charge in [0.15, 0.2) is 0 Å². The van der Waals surface area contributed by atoms with E-state index in [2.05, 4.69) is 37.0 Å². The first-order valence-corrected chi connectivity index (χ1v) is 21.6. The number of piperidine rings is 2. The molecule has 5 heterocycles. The molecule has 1 unspecified atom stereocenters. The molecule has 1 N–H and O–H groups in total. The summed E-state index contributed by atoms with van der Waals surface area (Å²) in [6.07, 6.45) is 8.67. The van der Waals surface area contributed by atoms with Crippen LogP contribution in [0.1, 0.15) is 94.4 Å². The highest BCUT2D eigenvalue weighted by atomic mass is 35.5. The molecule has 5 amide bonds. The molecule has 3 aromatic rings. The minimum atomic E-state index is -0.952. The molecule has 0 bridgehead atoms. The maximum Gasteiger partial charge on any atom is 0.262 e. The second kappa shape index (κ2) is 16.1. The Bertz CT molecular complexity index is 2210. The zero-order valence-electron chi connectivity index (χ0n) is 33.3. The number of carbonyl (C=O) groups is 5. The molecule has 6 aliphatic rings. The molecule has 1 spiro atoms. The Hall–Kier alpha value is -5.25. The van der Waals surface area contributed by atoms with Crippen molar-refractivity contribution in [3.05, 3.63) is 99.4 Å². The van der Waals surface area contributed by atoms with Crippen LogP contribution < -0.4 is 15.1 Å². The van der Waals surface area contributed by atoms with E-state index < -0.39 is 23.8 Å². The molecular formula is C46H50ClN7O5. The molecule has 13 heteroatoms. The Balaban J connectivity index is 0.714. The van der Waals surface area contributed by atoms with Gasteiger partial charge < -0.3 is 14.7 Å². The minimum absolute atomic E-state index is 0.105. The van der Waals surface area contributed by atoms with Crippen molar-refractivity contribution in [2.24, 2.45) is 11.3 Å². The van der Waals surface area contributed by atoms with E-state index in [1.54, 1.807) is 12.1 Å². The van der Waals surface area contributed by atoms with Crippen molar-refractivity contribution in [1.29, 1.82) is 0 Å². The predicted molar refractivity (Wildman–Crippen MR) is 225 cm³/mol. The van der Waals surface area contributed by atoms with Crippen LogP contribution >= 0.6 is 11.6 Å². The highest BCUT2D eigenvalue weighted by molar-refractivity contribution is 6.33. The lowest BCUT2D eigenvalue weighted by molar-refractivity contribution is -0.136. The lowest BCUT2D eigenvalue weighted by atomic mass is 9.77. The lowest BCUT2D eigenvalue weighted by Crippen LogP contribution is -2.54. The average Bonchev–Trinajstić information content (AvgIpc) is 3.78. The van der Waals surface area contributed by atoms with Gasteiger partial charge in [0.2, 0.25) is 17.5 Å². The molecule has 5 aliphatic heterocycles. The van der Waals surface area contributed by atoms with E-state index in [9.17, 15) is 24.0 Å². The van der Waals surface area contributed by atoms with Crippen molar-refractivity contribution in [2.75, 3.05) is 62.2 Å². The van der Waals surface area contributed by atoms with Crippen molar-refractivity contribution in [2.45, 2.75) is 76.3 Å². The van der Waals surface area contributed by atoms with E-state index in [1.165, 1.54) is 0 Å². The van der Waals surface area contributed by atoms with Crippen molar-refractivity contribution in [1.82, 2.24) is 20.0 Å². The number of anilines is 2. The largest absolute Gasteiger partial charge is 0.371 e. The molecule has 4 saturated heterocycles. The molecule has 3 aromatic carbocycles. The first-order chi connectivity index (χ1) is 28.6. The topological polar surface area (TPSA) is 118 Å². The third-order valence-corrected chi connectivity index (χ3v) is 14.4. The fourth-order valence-corrected chi connectivity index (χ4v) is 10.8. The average molecular weight is 816 g/mol. The highest BCUT2D eigenvalue weighted by Gasteiger charge is 2.45. The number of halogens is 1. The fraction of sp³-hybridized carbons (Fsp3) is 0.478. The van der Waals surface area contributed by atoms with Gasteiger partial charge in [0.25, 0.3) is 17.7 Å². The number of carbonyl (C=O) groups excluding carboxylic acids is 5. The Morgan fingerprint density at radius 2 is 1.46 bits per heavy atom. The summed E-state index contributed by atoms with van der Waals surface area (Å²) in [4.78, 5) is 78.0. The van der Waals surface area contributed by atoms with Crippen LogP contribution in [0.4, 0.5) is 17.1 Å². The predicted octanol–water partition coefficient (Wildman–Crippen LogP) is 6.35. The number of amides is 5. The summed E-state index contributed by atoms with van der Waals surface area (Å²) in [5, 5.41) is 2.75. The van der Waals surface area contributed by atoms with E-state index >= 15 is 0 Å². The number of hydrogen-bond donors (Lipinski definition) is 1. The first kappa shape index (κ1) is 39.2. The van der Waals surface area contributed by atoms with Crippen LogP contribution in [-0.2, 0) is 16.0 Å². The normalized spacial score (nSPS) is 24.7. The quantitative estimate of drug-likeness (QED) is 0.217. The monoisotopic (exact) mass is 815 g/mol. The summed E-state index contributed by atoms with van der Waals surface area (Å²) in [5.41, 5.74) is 5.38. The number of benzene rings is 3. The van der Waals surface area contributed by atoms with Crippen LogP contribution in [0, 0.1) is 17.9 Å². The lowest BCUT2D eigenvalue weighted by Gasteiger charge is -2.42. The van der Waals surface area contributed by atoms with Crippen molar-refractivity contribution >= 4 is 58.2 Å². The molecule has 306 valence electrons. The number of nitrogens with zero attached hydrogens (tertiary/aromatic N) is 6. The summed E-state index contributed by atoms with van der Waals surface area (Å²) in [6.45, 7) is 14.6. The SMILES string of the molecule is [C-]#[N+]c1ccc(N2CCC3(CCN(C(=O)c4ccc(N5CCN(C6CCC(Cc7ccc8c(c7)C(=O)N(C7CCC(=O)NC7=O)C8=O)CC6)CC5)cc4)CC3)C2)cc1Cl. The third-order valence-electron chi connectivity index (χ3n) is 14.1. The van der Waals surface area contributed by atoms with Gasteiger partial charge in [-0.15, -0.1) is 0 Å². The van der Waals surface area contributed by atoms with Gasteiger partial charge in [0.1, 0.15) is 6.04 Å². The molecule has 59 heavy (non-hydrogen) atoms. The molecule has 0 radical (unpaired) electrons. The Morgan fingerprint density at radius 3 is 2.15 bits per heavy atom. The van der Waals surface area contributed by atoms with E-state index in [-0.39, 0.29) is 30.1 Å². The fourth-order valence-electron chi connectivity index (χ4n) is 10.6. The highest BCUT2D eigenvalue weighted by Crippen LogP contribution is 2.43. The Labute approximate surface area is 350 Å². The zero-order chi connectivity index (χ0) is 40.8. The summed E-state index contributed by atoms with van der Waals surface area (Å²) >= 11 is 6.33. The van der Waals surface area contributed by atoms with Gasteiger partial charge in [-0.1, -0.05) is 23.7 Å². The maximum atomic E-state index is 13.6. The molecule has 1 atom stereocenters. The van der Waals surface area contributed by atoms with Crippen LogP contribution in [0.25, 0.3) is 4.85 Å². The molecule has 1 saturated carbocycles. The van der Waals surface area contributed by atoms with E-state index in [1.807, 2.05) is 41.3 Å². The molecule has 9 rings (SSSR count). The molecule has 0 aromatic heterocycles. The van der Waals surface area contributed by atoms with Crippen LogP contribution in [0.15, 0.2) is 60.7 Å². The molecule has 1 aliphatic carbocycles. The molecule has 12 nitrogen and oxygen atoms in total. The van der Waals surface area contributed by atoms with Gasteiger partial charge in [-0.2, -0.15) is 0 Å². The number of hydrogen-bond acceptors (Lipinski definition) is 8. The summed E-state index contributed by atoms with van der Waals surface area (Å²) in [7, 11) is 0. The van der Waals surface area contributed by atoms with Crippen molar-refractivity contribution < 1.29 is 24.0 Å². The van der Waals surface area contributed by atoms with E-state index in [0.717, 1.165) is 131 Å². The summed E-state index contributed by atoms with van der Waals surface area (Å²) in [5.74, 6) is -1.27. The van der Waals surface area contributed by atoms with E-state index in [4.69, 9.17) is 18.2 Å². The number of piperazine rings is 1. The first-order valence-electron chi connectivity index (χ1n) is 21.2. The van der Waals surface area contributed by atoms with Crippen LogP contribution in [-0.4, -0.2) is 109 Å². The van der Waals surface area contributed by atoms with Gasteiger partial charge in [0, 0.05) is 86.8 Å². The van der Waals surface area contributed by atoms with Crippen LogP contribution in [0.5, 0.6) is 0 Å². The van der Waals surface area contributed by atoms with Crippen LogP contribution in [0.2, 0.25) is 5.02 Å². The van der Waals surface area contributed by atoms with Crippen molar-refractivity contribution in [3.63, 3.8) is 0 Å². The van der Waals surface area contributed by atoms with Gasteiger partial charge in [-0.05, 0) is 123 Å².